The molecule has 1 heterocycles. The van der Waals surface area contributed by atoms with Gasteiger partial charge in [-0.3, -0.25) is 0 Å². The van der Waals surface area contributed by atoms with Gasteiger partial charge in [0.05, 0.1) is 26.8 Å². The third kappa shape index (κ3) is 6.71. The second-order valence-corrected chi connectivity index (χ2v) is 10.8. The van der Waals surface area contributed by atoms with Crippen LogP contribution in [0.15, 0.2) is 158 Å². The van der Waals surface area contributed by atoms with Gasteiger partial charge in [0.25, 0.3) is 0 Å². The van der Waals surface area contributed by atoms with Gasteiger partial charge in [0.15, 0.2) is 0 Å². The van der Waals surface area contributed by atoms with Crippen molar-refractivity contribution in [3.05, 3.63) is 169 Å². The fourth-order valence-corrected chi connectivity index (χ4v) is 5.75. The van der Waals surface area contributed by atoms with Gasteiger partial charge in [0, 0.05) is 0 Å². The second kappa shape index (κ2) is 13.6. The van der Waals surface area contributed by atoms with Crippen LogP contribution in [-0.4, -0.2) is 35.2 Å². The molecule has 1 N–H and O–H groups in total. The third-order valence-corrected chi connectivity index (χ3v) is 7.51. The number of quaternary nitrogens is 1. The zero-order chi connectivity index (χ0) is 28.3. The summed E-state index contributed by atoms with van der Waals surface area (Å²) < 4.78 is 1.88. The molecule has 6 rings (SSSR count). The lowest BCUT2D eigenvalue weighted by Crippen LogP contribution is -3.04. The molecular weight excluding hydrogens is 499 g/mol. The maximum atomic E-state index is 4.14. The Kier molecular flexibility index (Phi) is 9.20. The molecule has 0 radical (unpaired) electrons. The Hall–Kier alpha value is -4.74. The van der Waals surface area contributed by atoms with Crippen molar-refractivity contribution in [2.45, 2.75) is 13.1 Å². The fraction of sp³-hybridized carbons (Fsp3) is 0.111. The standard InChI is InChI=1S/C24H20B.C12H16N4/c1-5-13-21(14-6-1)25(22-15-7-2-8-16-22,23-17-9-3-10-18-23)24-19-11-4-12-20-24;1-15(2)9-12-10-16(14-13-12)8-11-6-4-3-5-7-11/h1-20H;3-7,10H,8-9H2,1-2H3/q-1;/p+1. The lowest BCUT2D eigenvalue weighted by molar-refractivity contribution is -0.873. The first-order valence-corrected chi connectivity index (χ1v) is 14.3. The summed E-state index contributed by atoms with van der Waals surface area (Å²) in [5, 5.41) is 8.26. The smallest absolute Gasteiger partial charge is 0.137 e. The average Bonchev–Trinajstić information content (AvgIpc) is 3.46. The van der Waals surface area contributed by atoms with E-state index in [1.165, 1.54) is 32.3 Å². The Morgan fingerprint density at radius 1 is 0.537 bits per heavy atom. The highest BCUT2D eigenvalue weighted by molar-refractivity contribution is 7.19. The Morgan fingerprint density at radius 2 is 0.902 bits per heavy atom. The summed E-state index contributed by atoms with van der Waals surface area (Å²) in [5.41, 5.74) is 7.64. The average molecular weight is 537 g/mol. The predicted octanol–water partition coefficient (Wildman–Crippen LogP) is 3.03. The van der Waals surface area contributed by atoms with Crippen LogP contribution in [0, 0.1) is 0 Å². The van der Waals surface area contributed by atoms with E-state index in [2.05, 4.69) is 158 Å². The highest BCUT2D eigenvalue weighted by atomic mass is 15.4. The summed E-state index contributed by atoms with van der Waals surface area (Å²) in [6, 6.07) is 53.8. The topological polar surface area (TPSA) is 35.2 Å². The van der Waals surface area contributed by atoms with Crippen LogP contribution in [0.25, 0.3) is 0 Å². The van der Waals surface area contributed by atoms with Crippen molar-refractivity contribution in [3.8, 4) is 0 Å². The number of nitrogens with one attached hydrogen (secondary N) is 1. The maximum Gasteiger partial charge on any atom is 0.137 e. The summed E-state index contributed by atoms with van der Waals surface area (Å²) in [5.74, 6) is 0. The van der Waals surface area contributed by atoms with Crippen molar-refractivity contribution in [3.63, 3.8) is 0 Å². The minimum Gasteiger partial charge on any atom is -0.335 e. The van der Waals surface area contributed by atoms with Gasteiger partial charge in [-0.1, -0.05) is 157 Å². The Bertz CT molecular complexity index is 1420. The summed E-state index contributed by atoms with van der Waals surface area (Å²) >= 11 is 0. The van der Waals surface area contributed by atoms with Crippen molar-refractivity contribution in [1.82, 2.24) is 15.0 Å². The molecule has 0 saturated carbocycles. The van der Waals surface area contributed by atoms with E-state index in [-0.39, 0.29) is 0 Å². The minimum atomic E-state index is -1.22. The lowest BCUT2D eigenvalue weighted by Gasteiger charge is -2.44. The van der Waals surface area contributed by atoms with E-state index in [9.17, 15) is 0 Å². The molecule has 0 aliphatic carbocycles. The number of aromatic nitrogens is 3. The molecule has 0 saturated heterocycles. The van der Waals surface area contributed by atoms with Gasteiger partial charge in [-0.05, 0) is 5.56 Å². The first-order valence-electron chi connectivity index (χ1n) is 14.3. The maximum absolute atomic E-state index is 4.14. The van der Waals surface area contributed by atoms with Gasteiger partial charge in [-0.25, -0.2) is 4.68 Å². The largest absolute Gasteiger partial charge is 0.335 e. The molecule has 0 fully saturated rings. The SMILES string of the molecule is C[NH+](C)Cc1cn(Cc2ccccc2)nn1.c1ccc([B-](c2ccccc2)(c2ccccc2)c2ccccc2)cc1. The normalized spacial score (nSPS) is 11.1. The highest BCUT2D eigenvalue weighted by Gasteiger charge is 2.31. The minimum absolute atomic E-state index is 0.788. The molecule has 204 valence electrons. The fourth-order valence-electron chi connectivity index (χ4n) is 5.75. The van der Waals surface area contributed by atoms with Crippen LogP contribution < -0.4 is 26.8 Å². The number of benzene rings is 5. The molecule has 41 heavy (non-hydrogen) atoms. The zero-order valence-electron chi connectivity index (χ0n) is 23.8. The molecule has 0 atom stereocenters. The molecule has 0 spiro atoms. The van der Waals surface area contributed by atoms with Crippen LogP contribution in [-0.2, 0) is 13.1 Å². The van der Waals surface area contributed by atoms with E-state index >= 15 is 0 Å². The second-order valence-electron chi connectivity index (χ2n) is 10.8. The van der Waals surface area contributed by atoms with Crippen molar-refractivity contribution >= 4 is 28.0 Å². The van der Waals surface area contributed by atoms with Gasteiger partial charge in [-0.15, -0.1) is 5.10 Å². The quantitative estimate of drug-likeness (QED) is 0.304. The van der Waals surface area contributed by atoms with Crippen LogP contribution in [0.3, 0.4) is 0 Å². The lowest BCUT2D eigenvalue weighted by atomic mass is 9.13. The first-order chi connectivity index (χ1) is 20.2. The van der Waals surface area contributed by atoms with Crippen molar-refractivity contribution < 1.29 is 4.90 Å². The van der Waals surface area contributed by atoms with Gasteiger partial charge in [0.1, 0.15) is 18.4 Å². The van der Waals surface area contributed by atoms with Crippen LogP contribution in [0.2, 0.25) is 0 Å². The molecule has 1 aromatic heterocycles. The predicted molar refractivity (Wildman–Crippen MR) is 172 cm³/mol. The molecule has 5 heteroatoms. The molecule has 0 unspecified atom stereocenters. The Labute approximate surface area is 243 Å². The highest BCUT2D eigenvalue weighted by Crippen LogP contribution is 2.09. The van der Waals surface area contributed by atoms with E-state index in [0.717, 1.165) is 18.8 Å². The number of nitrogens with zero attached hydrogens (tertiary/aromatic N) is 3. The van der Waals surface area contributed by atoms with E-state index < -0.39 is 6.15 Å². The molecule has 4 nitrogen and oxygen atoms in total. The molecule has 0 aliphatic rings. The number of rotatable bonds is 8. The zero-order valence-corrected chi connectivity index (χ0v) is 23.8. The van der Waals surface area contributed by atoms with Gasteiger partial charge in [-0.2, -0.15) is 21.9 Å². The third-order valence-electron chi connectivity index (χ3n) is 7.51. The van der Waals surface area contributed by atoms with Crippen LogP contribution >= 0.6 is 0 Å². The molecule has 0 bridgehead atoms. The van der Waals surface area contributed by atoms with E-state index in [0.29, 0.717) is 0 Å². The number of hydrogen-bond donors (Lipinski definition) is 1. The van der Waals surface area contributed by atoms with E-state index in [1.807, 2.05) is 29.1 Å². The van der Waals surface area contributed by atoms with Gasteiger partial charge >= 0.3 is 0 Å². The molecule has 0 aliphatic heterocycles. The van der Waals surface area contributed by atoms with E-state index in [4.69, 9.17) is 0 Å². The Balaban J connectivity index is 0.000000182. The molecule has 6 aromatic rings. The molecule has 5 aromatic carbocycles. The first kappa shape index (κ1) is 27.8. The summed E-state index contributed by atoms with van der Waals surface area (Å²) in [6.07, 6.45) is 0.798. The number of hydrogen-bond acceptors (Lipinski definition) is 2. The molecule has 0 amide bonds. The summed E-state index contributed by atoms with van der Waals surface area (Å²) in [6.45, 7) is 1.70. The molecular formula is C36H37BN4. The van der Waals surface area contributed by atoms with Crippen molar-refractivity contribution in [1.29, 1.82) is 0 Å². The van der Waals surface area contributed by atoms with Crippen molar-refractivity contribution in [2.75, 3.05) is 14.1 Å². The van der Waals surface area contributed by atoms with E-state index in [1.54, 1.807) is 0 Å². The van der Waals surface area contributed by atoms with Gasteiger partial charge in [0.2, 0.25) is 0 Å². The Morgan fingerprint density at radius 3 is 1.27 bits per heavy atom. The van der Waals surface area contributed by atoms with Gasteiger partial charge < -0.3 is 4.90 Å². The summed E-state index contributed by atoms with van der Waals surface area (Å²) in [7, 11) is 4.21. The monoisotopic (exact) mass is 536 g/mol. The van der Waals surface area contributed by atoms with Crippen LogP contribution in [0.5, 0.6) is 0 Å². The van der Waals surface area contributed by atoms with Crippen LogP contribution in [0.1, 0.15) is 11.3 Å². The van der Waals surface area contributed by atoms with Crippen LogP contribution in [0.4, 0.5) is 0 Å². The van der Waals surface area contributed by atoms with Crippen molar-refractivity contribution in [2.24, 2.45) is 0 Å². The summed E-state index contributed by atoms with van der Waals surface area (Å²) in [4.78, 5) is 1.35.